The van der Waals surface area contributed by atoms with Gasteiger partial charge in [-0.15, -0.1) is 15.0 Å². The van der Waals surface area contributed by atoms with Crippen molar-refractivity contribution in [3.8, 4) is 11.4 Å². The topological polar surface area (TPSA) is 89.3 Å². The van der Waals surface area contributed by atoms with E-state index in [2.05, 4.69) is 15.5 Å². The standard InChI is InChI=1S/C24H24N4O3/c1-16-6-5-9-19(17(16)2)25-24(30)15-31-23-11-10-18(12-13-29)14-22(23)28-26-20-7-3-4-8-21(20)27-28/h3-11,14,29H,12-13,15H2,1-2H3,(H,25,30). The molecule has 2 N–H and O–H groups in total. The number of aliphatic hydroxyl groups is 1. The number of ether oxygens (including phenoxy) is 1. The van der Waals surface area contributed by atoms with Gasteiger partial charge in [-0.2, -0.15) is 0 Å². The zero-order valence-corrected chi connectivity index (χ0v) is 17.5. The Morgan fingerprint density at radius 2 is 1.77 bits per heavy atom. The molecule has 4 rings (SSSR count). The SMILES string of the molecule is Cc1cccc(NC(=O)COc2ccc(CCO)cc2-n2nc3ccccc3n2)c1C. The number of benzene rings is 3. The van der Waals surface area contributed by atoms with Crippen molar-refractivity contribution < 1.29 is 14.6 Å². The third-order valence-electron chi connectivity index (χ3n) is 5.16. The predicted octanol–water partition coefficient (Wildman–Crippen LogP) is 3.59. The molecule has 0 atom stereocenters. The lowest BCUT2D eigenvalue weighted by atomic mass is 10.1. The molecule has 7 heteroatoms. The first kappa shape index (κ1) is 20.6. The van der Waals surface area contributed by atoms with Crippen molar-refractivity contribution in [1.29, 1.82) is 0 Å². The van der Waals surface area contributed by atoms with Gasteiger partial charge < -0.3 is 15.2 Å². The third kappa shape index (κ3) is 4.57. The normalized spacial score (nSPS) is 10.9. The number of nitrogens with one attached hydrogen (secondary N) is 1. The Hall–Kier alpha value is -3.71. The maximum Gasteiger partial charge on any atom is 0.262 e. The van der Waals surface area contributed by atoms with E-state index in [0.717, 1.165) is 33.4 Å². The zero-order chi connectivity index (χ0) is 21.8. The number of rotatable bonds is 7. The number of hydrogen-bond acceptors (Lipinski definition) is 5. The number of carbonyl (C=O) groups excluding carboxylic acids is 1. The van der Waals surface area contributed by atoms with Crippen molar-refractivity contribution in [2.45, 2.75) is 20.3 Å². The quantitative estimate of drug-likeness (QED) is 0.481. The van der Waals surface area contributed by atoms with Crippen LogP contribution in [0.3, 0.4) is 0 Å². The van der Waals surface area contributed by atoms with Gasteiger partial charge in [0.15, 0.2) is 6.61 Å². The summed E-state index contributed by atoms with van der Waals surface area (Å²) in [6.07, 6.45) is 0.501. The molecule has 1 heterocycles. The molecule has 1 amide bonds. The summed E-state index contributed by atoms with van der Waals surface area (Å²) in [4.78, 5) is 14.0. The van der Waals surface area contributed by atoms with Gasteiger partial charge in [0.1, 0.15) is 22.5 Å². The van der Waals surface area contributed by atoms with Gasteiger partial charge in [0, 0.05) is 12.3 Å². The Bertz CT molecular complexity index is 1200. The Kier molecular flexibility index (Phi) is 5.95. The number of hydrogen-bond donors (Lipinski definition) is 2. The number of aromatic nitrogens is 3. The highest BCUT2D eigenvalue weighted by molar-refractivity contribution is 5.92. The minimum absolute atomic E-state index is 0.0341. The van der Waals surface area contributed by atoms with Crippen LogP contribution in [0.2, 0.25) is 0 Å². The van der Waals surface area contributed by atoms with Crippen LogP contribution in [0.5, 0.6) is 5.75 Å². The molecule has 158 valence electrons. The summed E-state index contributed by atoms with van der Waals surface area (Å²) < 4.78 is 5.85. The van der Waals surface area contributed by atoms with Crippen LogP contribution >= 0.6 is 0 Å². The zero-order valence-electron chi connectivity index (χ0n) is 17.5. The van der Waals surface area contributed by atoms with E-state index in [1.165, 1.54) is 4.80 Å². The highest BCUT2D eigenvalue weighted by Crippen LogP contribution is 2.25. The van der Waals surface area contributed by atoms with Gasteiger partial charge in [0.25, 0.3) is 5.91 Å². The molecule has 0 spiro atoms. The summed E-state index contributed by atoms with van der Waals surface area (Å²) in [7, 11) is 0. The van der Waals surface area contributed by atoms with E-state index >= 15 is 0 Å². The summed E-state index contributed by atoms with van der Waals surface area (Å²) in [5.41, 5.74) is 5.96. The number of anilines is 1. The number of carbonyl (C=O) groups is 1. The molecule has 0 fully saturated rings. The molecule has 0 unspecified atom stereocenters. The number of aryl methyl sites for hydroxylation is 1. The second kappa shape index (κ2) is 8.97. The Labute approximate surface area is 180 Å². The second-order valence-electron chi connectivity index (χ2n) is 7.34. The van der Waals surface area contributed by atoms with Gasteiger partial charge in [-0.05, 0) is 67.3 Å². The smallest absolute Gasteiger partial charge is 0.262 e. The lowest BCUT2D eigenvalue weighted by molar-refractivity contribution is -0.118. The van der Waals surface area contributed by atoms with Crippen molar-refractivity contribution >= 4 is 22.6 Å². The van der Waals surface area contributed by atoms with Gasteiger partial charge in [-0.1, -0.05) is 30.3 Å². The average Bonchev–Trinajstić information content (AvgIpc) is 3.20. The molecule has 0 bridgehead atoms. The van der Waals surface area contributed by atoms with Crippen molar-refractivity contribution in [3.63, 3.8) is 0 Å². The van der Waals surface area contributed by atoms with Crippen LogP contribution in [0.15, 0.2) is 60.7 Å². The lowest BCUT2D eigenvalue weighted by Crippen LogP contribution is -2.21. The van der Waals surface area contributed by atoms with Gasteiger partial charge in [-0.25, -0.2) is 0 Å². The first-order valence-corrected chi connectivity index (χ1v) is 10.1. The lowest BCUT2D eigenvalue weighted by Gasteiger charge is -2.13. The van der Waals surface area contributed by atoms with Crippen molar-refractivity contribution in [3.05, 3.63) is 77.4 Å². The molecule has 0 saturated heterocycles. The van der Waals surface area contributed by atoms with Crippen LogP contribution in [-0.2, 0) is 11.2 Å². The van der Waals surface area contributed by atoms with E-state index in [9.17, 15) is 9.90 Å². The molecule has 7 nitrogen and oxygen atoms in total. The summed E-state index contributed by atoms with van der Waals surface area (Å²) in [6, 6.07) is 18.9. The highest BCUT2D eigenvalue weighted by atomic mass is 16.5. The summed E-state index contributed by atoms with van der Waals surface area (Å²) >= 11 is 0. The van der Waals surface area contributed by atoms with E-state index in [1.807, 2.05) is 68.4 Å². The molecular formula is C24H24N4O3. The fraction of sp³-hybridized carbons (Fsp3) is 0.208. The van der Waals surface area contributed by atoms with Crippen molar-refractivity contribution in [2.24, 2.45) is 0 Å². The van der Waals surface area contributed by atoms with Gasteiger partial charge in [0.2, 0.25) is 0 Å². The maximum atomic E-state index is 12.5. The fourth-order valence-corrected chi connectivity index (χ4v) is 3.31. The molecule has 0 radical (unpaired) electrons. The van der Waals surface area contributed by atoms with Crippen LogP contribution in [0, 0.1) is 13.8 Å². The molecule has 0 aliphatic rings. The number of amides is 1. The third-order valence-corrected chi connectivity index (χ3v) is 5.16. The molecule has 0 aliphatic heterocycles. The Morgan fingerprint density at radius 3 is 2.48 bits per heavy atom. The van der Waals surface area contributed by atoms with Gasteiger partial charge in [-0.3, -0.25) is 4.79 Å². The van der Waals surface area contributed by atoms with Crippen LogP contribution in [0.25, 0.3) is 16.7 Å². The van der Waals surface area contributed by atoms with E-state index in [4.69, 9.17) is 4.74 Å². The van der Waals surface area contributed by atoms with E-state index in [0.29, 0.717) is 17.9 Å². The minimum atomic E-state index is -0.252. The number of nitrogens with zero attached hydrogens (tertiary/aromatic N) is 3. The molecule has 0 saturated carbocycles. The van der Waals surface area contributed by atoms with E-state index < -0.39 is 0 Å². The highest BCUT2D eigenvalue weighted by Gasteiger charge is 2.14. The minimum Gasteiger partial charge on any atom is -0.481 e. The Balaban J connectivity index is 1.57. The summed E-state index contributed by atoms with van der Waals surface area (Å²) in [6.45, 7) is 3.85. The monoisotopic (exact) mass is 416 g/mol. The summed E-state index contributed by atoms with van der Waals surface area (Å²) in [5, 5.41) is 21.2. The van der Waals surface area contributed by atoms with E-state index in [-0.39, 0.29) is 19.1 Å². The second-order valence-corrected chi connectivity index (χ2v) is 7.34. The van der Waals surface area contributed by atoms with Crippen molar-refractivity contribution in [2.75, 3.05) is 18.5 Å². The molecule has 3 aromatic carbocycles. The maximum absolute atomic E-state index is 12.5. The first-order chi connectivity index (χ1) is 15.0. The molecule has 4 aromatic rings. The molecule has 31 heavy (non-hydrogen) atoms. The first-order valence-electron chi connectivity index (χ1n) is 10.1. The number of fused-ring (bicyclic) bond motifs is 1. The van der Waals surface area contributed by atoms with E-state index in [1.54, 1.807) is 6.07 Å². The van der Waals surface area contributed by atoms with Crippen LogP contribution in [-0.4, -0.2) is 39.2 Å². The largest absolute Gasteiger partial charge is 0.481 e. The predicted molar refractivity (Wildman–Crippen MR) is 120 cm³/mol. The van der Waals surface area contributed by atoms with Crippen molar-refractivity contribution in [1.82, 2.24) is 15.0 Å². The van der Waals surface area contributed by atoms with Gasteiger partial charge in [0.05, 0.1) is 0 Å². The van der Waals surface area contributed by atoms with Crippen LogP contribution in [0.1, 0.15) is 16.7 Å². The average molecular weight is 416 g/mol. The molecule has 0 aliphatic carbocycles. The summed E-state index contributed by atoms with van der Waals surface area (Å²) in [5.74, 6) is 0.232. The number of aliphatic hydroxyl groups excluding tert-OH is 1. The van der Waals surface area contributed by atoms with Crippen LogP contribution in [0.4, 0.5) is 5.69 Å². The Morgan fingerprint density at radius 1 is 1.03 bits per heavy atom. The van der Waals surface area contributed by atoms with Gasteiger partial charge >= 0.3 is 0 Å². The molecule has 1 aromatic heterocycles. The fourth-order valence-electron chi connectivity index (χ4n) is 3.31. The molecular weight excluding hydrogens is 392 g/mol. The van der Waals surface area contributed by atoms with Crippen LogP contribution < -0.4 is 10.1 Å².